The van der Waals surface area contributed by atoms with Crippen molar-refractivity contribution in [2.75, 3.05) is 21.7 Å². The normalized spacial score (nSPS) is 13.5. The second kappa shape index (κ2) is 27.7. The van der Waals surface area contributed by atoms with Crippen molar-refractivity contribution >= 4 is 55.7 Å². The quantitative estimate of drug-likeness (QED) is 0.109. The zero-order valence-corrected chi connectivity index (χ0v) is 49.1. The van der Waals surface area contributed by atoms with E-state index < -0.39 is 0 Å². The highest BCUT2D eigenvalue weighted by atomic mass is 15.4. The highest BCUT2D eigenvalue weighted by molar-refractivity contribution is 6.11. The molecular weight excluding hydrogens is 969 g/mol. The number of anilines is 4. The molecule has 4 nitrogen and oxygen atoms in total. The molecule has 1 saturated heterocycles. The second-order valence-electron chi connectivity index (χ2n) is 19.2. The smallest absolute Gasteiger partial charge is 0.117 e. The Kier molecular flexibility index (Phi) is 19.8. The topological polar surface area (TPSA) is 23.2 Å². The number of hydrogen-bond donors (Lipinski definition) is 1. The van der Waals surface area contributed by atoms with E-state index in [0.29, 0.717) is 6.17 Å². The van der Waals surface area contributed by atoms with Gasteiger partial charge >= 0.3 is 0 Å². The Morgan fingerprint density at radius 1 is 0.450 bits per heavy atom. The molecule has 0 spiro atoms. The summed E-state index contributed by atoms with van der Waals surface area (Å²) in [5, 5.41) is 6.24. The molecule has 1 fully saturated rings. The maximum Gasteiger partial charge on any atom is 0.117 e. The van der Waals surface area contributed by atoms with Gasteiger partial charge in [-0.3, -0.25) is 0 Å². The first-order valence-electron chi connectivity index (χ1n) is 29.2. The number of aromatic nitrogens is 1. The molecule has 1 atom stereocenters. The summed E-state index contributed by atoms with van der Waals surface area (Å²) in [5.41, 5.74) is 27.3. The Bertz CT molecular complexity index is 3720. The van der Waals surface area contributed by atoms with Crippen molar-refractivity contribution in [2.24, 2.45) is 0 Å². The molecule has 2 aliphatic carbocycles. The molecule has 3 aliphatic rings. The average molecular weight is 1050 g/mol. The Balaban J connectivity index is 0.000000251. The summed E-state index contributed by atoms with van der Waals surface area (Å²) in [6, 6.07) is 80.5. The molecule has 1 unspecified atom stereocenters. The highest BCUT2D eigenvalue weighted by Crippen LogP contribution is 2.44. The van der Waals surface area contributed by atoms with Gasteiger partial charge in [-0.1, -0.05) is 207 Å². The van der Waals surface area contributed by atoms with Crippen molar-refractivity contribution in [1.82, 2.24) is 4.57 Å². The third-order valence-electron chi connectivity index (χ3n) is 14.4. The van der Waals surface area contributed by atoms with Gasteiger partial charge in [0, 0.05) is 61.6 Å². The molecule has 0 radical (unpaired) electrons. The fraction of sp³-hybridized carbons (Fsp3) is 0.197. The molecule has 0 amide bonds. The predicted octanol–water partition coefficient (Wildman–Crippen LogP) is 21.7. The lowest BCUT2D eigenvalue weighted by molar-refractivity contribution is 0.875. The van der Waals surface area contributed by atoms with Crippen LogP contribution in [0.3, 0.4) is 0 Å². The van der Waals surface area contributed by atoms with E-state index in [1.165, 1.54) is 106 Å². The van der Waals surface area contributed by atoms with Crippen LogP contribution in [0.15, 0.2) is 254 Å². The van der Waals surface area contributed by atoms with Gasteiger partial charge in [0.15, 0.2) is 0 Å². The average Bonchev–Trinajstić information content (AvgIpc) is 4.11. The summed E-state index contributed by atoms with van der Waals surface area (Å²) in [6.07, 6.45) is 7.03. The number of fused-ring (bicyclic) bond motifs is 4. The van der Waals surface area contributed by atoms with Crippen LogP contribution in [0, 0.1) is 6.92 Å². The lowest BCUT2D eigenvalue weighted by Gasteiger charge is -2.29. The first-order valence-corrected chi connectivity index (χ1v) is 29.2. The molecule has 2 heterocycles. The fourth-order valence-electron chi connectivity index (χ4n) is 10.7. The van der Waals surface area contributed by atoms with Crippen LogP contribution >= 0.6 is 0 Å². The number of nitrogens with one attached hydrogen (secondary N) is 1. The van der Waals surface area contributed by atoms with E-state index in [1.54, 1.807) is 0 Å². The van der Waals surface area contributed by atoms with E-state index in [2.05, 4.69) is 283 Å². The second-order valence-corrected chi connectivity index (χ2v) is 19.2. The molecule has 0 bridgehead atoms. The van der Waals surface area contributed by atoms with Gasteiger partial charge in [-0.2, -0.15) is 0 Å². The SMILES string of the molecule is CC.CC.CC.CC.CC1=C=C(c2ccc3c(c2)c2ccccc2n3-c2ccccc2)c2cccc(-c3cc(-c4cccc(NC5CN5c5ccccc5)c4)ccc3C)c21.CC1=CC=C(N(c2ccccc2)c2ccccc2)CC1. The Labute approximate surface area is 478 Å². The number of nitrogens with zero attached hydrogens (tertiary/aromatic N) is 3. The third kappa shape index (κ3) is 12.5. The number of para-hydroxylation sites is 5. The Hall–Kier alpha value is -8.82. The van der Waals surface area contributed by atoms with Crippen molar-refractivity contribution in [3.05, 3.63) is 276 Å². The summed E-state index contributed by atoms with van der Waals surface area (Å²) >= 11 is 0. The molecule has 9 aromatic carbocycles. The molecule has 1 aliphatic heterocycles. The van der Waals surface area contributed by atoms with E-state index in [0.717, 1.165) is 30.6 Å². The van der Waals surface area contributed by atoms with Crippen molar-refractivity contribution < 1.29 is 0 Å². The zero-order chi connectivity index (χ0) is 56.5. The van der Waals surface area contributed by atoms with E-state index >= 15 is 0 Å². The van der Waals surface area contributed by atoms with Crippen molar-refractivity contribution in [3.8, 4) is 27.9 Å². The van der Waals surface area contributed by atoms with Gasteiger partial charge in [0.25, 0.3) is 0 Å². The number of hydrogen-bond acceptors (Lipinski definition) is 3. The number of aryl methyl sites for hydroxylation is 1. The molecule has 1 aromatic heterocycles. The molecule has 404 valence electrons. The van der Waals surface area contributed by atoms with Gasteiger partial charge in [-0.15, -0.1) is 5.73 Å². The molecule has 80 heavy (non-hydrogen) atoms. The van der Waals surface area contributed by atoms with E-state index in [1.807, 2.05) is 55.4 Å². The van der Waals surface area contributed by atoms with Gasteiger partial charge < -0.3 is 19.7 Å². The fourth-order valence-corrected chi connectivity index (χ4v) is 10.7. The van der Waals surface area contributed by atoms with Crippen molar-refractivity contribution in [1.29, 1.82) is 0 Å². The lowest BCUT2D eigenvalue weighted by atomic mass is 9.87. The van der Waals surface area contributed by atoms with Gasteiger partial charge in [0.05, 0.1) is 17.6 Å². The summed E-state index contributed by atoms with van der Waals surface area (Å²) in [7, 11) is 0. The maximum absolute atomic E-state index is 3.82. The minimum Gasteiger partial charge on any atom is -0.364 e. The predicted molar refractivity (Wildman–Crippen MR) is 351 cm³/mol. The standard InChI is InChI=1S/C49H37N3.C19H19N.4C2H6/c1-32-23-24-35(34-13-11-14-37(28-34)50-48-31-51(48)38-15-5-3-6-16-38)29-43(32)41-20-12-21-42-44(27-33(2)49(41)42)36-25-26-47-45(30-36)40-19-9-10-22-46(40)52(47)39-17-7-4-8-18-39;1-16-12-14-19(15-13-16)20(17-8-4-2-5-9-17)18-10-6-3-7-11-18;4*1-2/h3-26,28-30,48,50H,31H2,1-2H3;2-12,14H,13,15H2,1H3;4*1-2H3. The van der Waals surface area contributed by atoms with E-state index in [-0.39, 0.29) is 0 Å². The van der Waals surface area contributed by atoms with Gasteiger partial charge in [0.1, 0.15) is 6.17 Å². The Morgan fingerprint density at radius 3 is 1.66 bits per heavy atom. The van der Waals surface area contributed by atoms with Crippen LogP contribution in [-0.4, -0.2) is 17.3 Å². The van der Waals surface area contributed by atoms with Crippen LogP contribution in [-0.2, 0) is 0 Å². The van der Waals surface area contributed by atoms with E-state index in [9.17, 15) is 0 Å². The summed E-state index contributed by atoms with van der Waals surface area (Å²) in [5.74, 6) is 0. The summed E-state index contributed by atoms with van der Waals surface area (Å²) in [4.78, 5) is 4.73. The number of benzene rings is 9. The van der Waals surface area contributed by atoms with Crippen LogP contribution in [0.2, 0.25) is 0 Å². The molecular formula is C76H80N4. The molecule has 4 heteroatoms. The third-order valence-corrected chi connectivity index (χ3v) is 14.4. The van der Waals surface area contributed by atoms with Crippen molar-refractivity contribution in [3.63, 3.8) is 0 Å². The van der Waals surface area contributed by atoms with E-state index in [4.69, 9.17) is 0 Å². The van der Waals surface area contributed by atoms with Crippen LogP contribution in [0.5, 0.6) is 0 Å². The summed E-state index contributed by atoms with van der Waals surface area (Å²) in [6.45, 7) is 23.6. The van der Waals surface area contributed by atoms with Crippen LogP contribution in [0.25, 0.3) is 60.9 Å². The highest BCUT2D eigenvalue weighted by Gasteiger charge is 2.34. The molecule has 0 saturated carbocycles. The largest absolute Gasteiger partial charge is 0.364 e. The van der Waals surface area contributed by atoms with Crippen LogP contribution in [0.4, 0.5) is 22.7 Å². The zero-order valence-electron chi connectivity index (χ0n) is 49.1. The number of allylic oxidation sites excluding steroid dienone is 5. The van der Waals surface area contributed by atoms with Crippen LogP contribution in [0.1, 0.15) is 104 Å². The van der Waals surface area contributed by atoms with Crippen molar-refractivity contribution in [2.45, 2.75) is 95.2 Å². The molecule has 10 aromatic rings. The lowest BCUT2D eigenvalue weighted by Crippen LogP contribution is -2.17. The monoisotopic (exact) mass is 1050 g/mol. The van der Waals surface area contributed by atoms with Crippen LogP contribution < -0.4 is 15.1 Å². The first kappa shape index (κ1) is 57.4. The van der Waals surface area contributed by atoms with Gasteiger partial charge in [-0.05, 0) is 164 Å². The first-order chi connectivity index (χ1) is 39.4. The minimum atomic E-state index is 0.317. The Morgan fingerprint density at radius 2 is 1.01 bits per heavy atom. The number of rotatable bonds is 10. The minimum absolute atomic E-state index is 0.317. The van der Waals surface area contributed by atoms with Gasteiger partial charge in [0.2, 0.25) is 0 Å². The maximum atomic E-state index is 3.82. The molecule has 1 N–H and O–H groups in total. The molecule has 13 rings (SSSR count). The van der Waals surface area contributed by atoms with Gasteiger partial charge in [-0.25, -0.2) is 0 Å². The summed E-state index contributed by atoms with van der Waals surface area (Å²) < 4.78 is 2.37.